The summed E-state index contributed by atoms with van der Waals surface area (Å²) in [6.07, 6.45) is 1.23. The third-order valence-electron chi connectivity index (χ3n) is 2.41. The maximum atomic E-state index is 11.7. The summed E-state index contributed by atoms with van der Waals surface area (Å²) >= 11 is 0. The van der Waals surface area contributed by atoms with Crippen molar-refractivity contribution in [2.45, 2.75) is 20.8 Å². The van der Waals surface area contributed by atoms with Gasteiger partial charge in [-0.1, -0.05) is 0 Å². The molecule has 0 saturated heterocycles. The van der Waals surface area contributed by atoms with Gasteiger partial charge in [-0.15, -0.1) is 0 Å². The van der Waals surface area contributed by atoms with Gasteiger partial charge in [-0.25, -0.2) is 4.99 Å². The van der Waals surface area contributed by atoms with Crippen LogP contribution in [0.25, 0.3) is 0 Å². The van der Waals surface area contributed by atoms with E-state index in [9.17, 15) is 9.59 Å². The summed E-state index contributed by atoms with van der Waals surface area (Å²) < 4.78 is 11.2. The highest BCUT2D eigenvalue weighted by atomic mass is 16.6. The van der Waals surface area contributed by atoms with Crippen molar-refractivity contribution >= 4 is 24.0 Å². The largest absolute Gasteiger partial charge is 0.465 e. The second kappa shape index (κ2) is 7.42. The first-order valence-electron chi connectivity index (χ1n) is 6.37. The van der Waals surface area contributed by atoms with E-state index in [0.717, 1.165) is 5.69 Å². The van der Waals surface area contributed by atoms with Crippen LogP contribution in [0.5, 0.6) is 0 Å². The minimum atomic E-state index is -1.16. The molecule has 0 aliphatic heterocycles. The monoisotopic (exact) mass is 281 g/mol. The Kier molecular flexibility index (Phi) is 5.89. The molecule has 0 aromatic carbocycles. The molecule has 0 N–H and O–H groups in total. The highest BCUT2D eigenvalue weighted by Gasteiger charge is 2.27. The number of rotatable bonds is 6. The highest BCUT2D eigenvalue weighted by molar-refractivity contribution is 6.09. The third kappa shape index (κ3) is 4.18. The van der Waals surface area contributed by atoms with Gasteiger partial charge in [0.2, 0.25) is 0 Å². The van der Waals surface area contributed by atoms with Crippen molar-refractivity contribution in [1.29, 1.82) is 0 Å². The van der Waals surface area contributed by atoms with Gasteiger partial charge in [-0.3, -0.25) is 14.3 Å². The standard InChI is InChI=1S/C13H19N3O4/c1-5-19-12(17)10(13(18)20-6-2)8-14-11-7-9(3)15-16(11)4/h7-8,10H,5-6H2,1-4H3. The van der Waals surface area contributed by atoms with Gasteiger partial charge in [0, 0.05) is 19.3 Å². The number of esters is 2. The van der Waals surface area contributed by atoms with E-state index in [-0.39, 0.29) is 13.2 Å². The topological polar surface area (TPSA) is 82.8 Å². The maximum absolute atomic E-state index is 11.7. The number of carbonyl (C=O) groups excluding carboxylic acids is 2. The molecule has 0 aliphatic carbocycles. The molecule has 0 aliphatic rings. The first-order chi connectivity index (χ1) is 9.49. The van der Waals surface area contributed by atoms with E-state index in [1.165, 1.54) is 6.21 Å². The zero-order valence-corrected chi connectivity index (χ0v) is 12.1. The Morgan fingerprint density at radius 3 is 2.30 bits per heavy atom. The van der Waals surface area contributed by atoms with Gasteiger partial charge in [0.1, 0.15) is 5.82 Å². The van der Waals surface area contributed by atoms with E-state index < -0.39 is 17.9 Å². The van der Waals surface area contributed by atoms with Crippen molar-refractivity contribution in [3.05, 3.63) is 11.8 Å². The predicted molar refractivity (Wildman–Crippen MR) is 72.9 cm³/mol. The number of nitrogens with zero attached hydrogens (tertiary/aromatic N) is 3. The minimum absolute atomic E-state index is 0.188. The molecule has 110 valence electrons. The van der Waals surface area contributed by atoms with Gasteiger partial charge in [-0.2, -0.15) is 5.10 Å². The molecule has 20 heavy (non-hydrogen) atoms. The molecule has 7 heteroatoms. The first kappa shape index (κ1) is 15.9. The smallest absolute Gasteiger partial charge is 0.325 e. The van der Waals surface area contributed by atoms with Crippen LogP contribution in [-0.2, 0) is 26.1 Å². The minimum Gasteiger partial charge on any atom is -0.465 e. The van der Waals surface area contributed by atoms with E-state index in [4.69, 9.17) is 9.47 Å². The average molecular weight is 281 g/mol. The van der Waals surface area contributed by atoms with E-state index in [1.807, 2.05) is 6.92 Å². The zero-order valence-electron chi connectivity index (χ0n) is 12.1. The Labute approximate surface area is 117 Å². The summed E-state index contributed by atoms with van der Waals surface area (Å²) in [7, 11) is 1.73. The normalized spacial score (nSPS) is 11.1. The van der Waals surface area contributed by atoms with Crippen molar-refractivity contribution in [2.24, 2.45) is 18.0 Å². The number of hydrogen-bond donors (Lipinski definition) is 0. The Bertz CT molecular complexity index is 490. The number of hydrogen-bond acceptors (Lipinski definition) is 6. The number of aryl methyl sites for hydroxylation is 2. The van der Waals surface area contributed by atoms with Crippen LogP contribution in [0.3, 0.4) is 0 Å². The lowest BCUT2D eigenvalue weighted by Crippen LogP contribution is -2.29. The lowest BCUT2D eigenvalue weighted by Gasteiger charge is -2.09. The first-order valence-corrected chi connectivity index (χ1v) is 6.37. The summed E-state index contributed by atoms with van der Waals surface area (Å²) in [5.41, 5.74) is 0.795. The lowest BCUT2D eigenvalue weighted by atomic mass is 10.2. The van der Waals surface area contributed by atoms with Crippen molar-refractivity contribution in [1.82, 2.24) is 9.78 Å². The van der Waals surface area contributed by atoms with Crippen LogP contribution >= 0.6 is 0 Å². The highest BCUT2D eigenvalue weighted by Crippen LogP contribution is 2.13. The number of carbonyl (C=O) groups is 2. The molecule has 0 saturated carbocycles. The van der Waals surface area contributed by atoms with Crippen LogP contribution in [0.4, 0.5) is 5.82 Å². The summed E-state index contributed by atoms with van der Waals surface area (Å²) in [6, 6.07) is 1.74. The van der Waals surface area contributed by atoms with Crippen molar-refractivity contribution in [3.8, 4) is 0 Å². The molecule has 0 amide bonds. The number of aliphatic imine (C=N–C) groups is 1. The maximum Gasteiger partial charge on any atom is 0.325 e. The van der Waals surface area contributed by atoms with Gasteiger partial charge in [0.25, 0.3) is 0 Å². The number of aromatic nitrogens is 2. The lowest BCUT2D eigenvalue weighted by molar-refractivity contribution is -0.157. The molecular formula is C13H19N3O4. The molecule has 0 radical (unpaired) electrons. The SMILES string of the molecule is CCOC(=O)C(C=Nc1cc(C)nn1C)C(=O)OCC. The van der Waals surface area contributed by atoms with E-state index in [2.05, 4.69) is 10.1 Å². The van der Waals surface area contributed by atoms with Crippen LogP contribution < -0.4 is 0 Å². The second-order valence-corrected chi connectivity index (χ2v) is 4.03. The molecule has 7 nitrogen and oxygen atoms in total. The predicted octanol–water partition coefficient (Wildman–Crippen LogP) is 1.17. The third-order valence-corrected chi connectivity index (χ3v) is 2.41. The van der Waals surface area contributed by atoms with E-state index in [0.29, 0.717) is 5.82 Å². The van der Waals surface area contributed by atoms with Gasteiger partial charge in [-0.05, 0) is 20.8 Å². The van der Waals surface area contributed by atoms with Crippen LogP contribution in [0.1, 0.15) is 19.5 Å². The quantitative estimate of drug-likeness (QED) is 0.444. The molecule has 0 bridgehead atoms. The fourth-order valence-electron chi connectivity index (χ4n) is 1.55. The van der Waals surface area contributed by atoms with Gasteiger partial charge in [0.15, 0.2) is 5.92 Å². The average Bonchev–Trinajstić information content (AvgIpc) is 2.69. The Morgan fingerprint density at radius 2 is 1.90 bits per heavy atom. The molecule has 0 atom stereocenters. The van der Waals surface area contributed by atoms with E-state index in [1.54, 1.807) is 31.6 Å². The van der Waals surface area contributed by atoms with Gasteiger partial charge < -0.3 is 9.47 Å². The Morgan fingerprint density at radius 1 is 1.35 bits per heavy atom. The van der Waals surface area contributed by atoms with Crippen molar-refractivity contribution in [2.75, 3.05) is 13.2 Å². The van der Waals surface area contributed by atoms with Gasteiger partial charge in [0.05, 0.1) is 18.9 Å². The molecule has 0 unspecified atom stereocenters. The van der Waals surface area contributed by atoms with Crippen LogP contribution in [0, 0.1) is 12.8 Å². The fraction of sp³-hybridized carbons (Fsp3) is 0.538. The van der Waals surface area contributed by atoms with Gasteiger partial charge >= 0.3 is 11.9 Å². The molecule has 1 aromatic heterocycles. The summed E-state index contributed by atoms with van der Waals surface area (Å²) in [5, 5.41) is 4.12. The Hall–Kier alpha value is -2.18. The van der Waals surface area contributed by atoms with Crippen LogP contribution in [-0.4, -0.2) is 41.1 Å². The Balaban J connectivity index is 2.91. The summed E-state index contributed by atoms with van der Waals surface area (Å²) in [6.45, 7) is 5.54. The molecule has 1 rings (SSSR count). The molecule has 0 fully saturated rings. The summed E-state index contributed by atoms with van der Waals surface area (Å²) in [4.78, 5) is 27.6. The second-order valence-electron chi connectivity index (χ2n) is 4.03. The zero-order chi connectivity index (χ0) is 15.1. The van der Waals surface area contributed by atoms with Crippen molar-refractivity contribution < 1.29 is 19.1 Å². The molecule has 1 aromatic rings. The summed E-state index contributed by atoms with van der Waals surface area (Å²) in [5.74, 6) is -1.96. The molecule has 1 heterocycles. The molecular weight excluding hydrogens is 262 g/mol. The number of ether oxygens (including phenoxy) is 2. The van der Waals surface area contributed by atoms with Crippen LogP contribution in [0.2, 0.25) is 0 Å². The van der Waals surface area contributed by atoms with E-state index >= 15 is 0 Å². The van der Waals surface area contributed by atoms with Crippen LogP contribution in [0.15, 0.2) is 11.1 Å². The van der Waals surface area contributed by atoms with Crippen molar-refractivity contribution in [3.63, 3.8) is 0 Å². The fourth-order valence-corrected chi connectivity index (χ4v) is 1.55. The molecule has 0 spiro atoms.